The molecule has 3 aromatic rings. The van der Waals surface area contributed by atoms with Gasteiger partial charge in [-0.05, 0) is 67.5 Å². The summed E-state index contributed by atoms with van der Waals surface area (Å²) in [4.78, 5) is 32.5. The number of imidazole rings is 1. The predicted octanol–water partition coefficient (Wildman–Crippen LogP) is 5.29. The fraction of sp³-hybridized carbons (Fsp3) is 0.280. The fourth-order valence-electron chi connectivity index (χ4n) is 3.52. The number of rotatable bonds is 9. The molecule has 9 heteroatoms. The summed E-state index contributed by atoms with van der Waals surface area (Å²) in [6, 6.07) is 9.87. The quantitative estimate of drug-likeness (QED) is 0.254. The molecule has 0 bridgehead atoms. The topological polar surface area (TPSA) is 86.1 Å². The van der Waals surface area contributed by atoms with E-state index < -0.39 is 5.97 Å². The van der Waals surface area contributed by atoms with Gasteiger partial charge in [0.05, 0.1) is 18.0 Å². The van der Waals surface area contributed by atoms with Gasteiger partial charge < -0.3 is 14.6 Å². The second-order valence-corrected chi connectivity index (χ2v) is 8.81. The van der Waals surface area contributed by atoms with Gasteiger partial charge in [0, 0.05) is 36.9 Å². The van der Waals surface area contributed by atoms with Crippen LogP contribution in [0.25, 0.3) is 22.5 Å². The van der Waals surface area contributed by atoms with Gasteiger partial charge in [0.2, 0.25) is 5.91 Å². The largest absolute Gasteiger partial charge is 0.463 e. The number of aromatic nitrogens is 3. The van der Waals surface area contributed by atoms with Gasteiger partial charge in [-0.25, -0.2) is 19.2 Å². The Labute approximate surface area is 201 Å². The molecule has 0 unspecified atom stereocenters. The highest BCUT2D eigenvalue weighted by Crippen LogP contribution is 2.40. The van der Waals surface area contributed by atoms with Gasteiger partial charge in [-0.2, -0.15) is 0 Å². The molecule has 34 heavy (non-hydrogen) atoms. The van der Waals surface area contributed by atoms with Crippen LogP contribution < -0.4 is 5.32 Å². The molecule has 2 heterocycles. The Bertz CT molecular complexity index is 1220. The van der Waals surface area contributed by atoms with Gasteiger partial charge in [0.25, 0.3) is 0 Å². The Balaban J connectivity index is 1.82. The highest BCUT2D eigenvalue weighted by atomic mass is 32.2. The molecule has 7 nitrogen and oxygen atoms in total. The van der Waals surface area contributed by atoms with Gasteiger partial charge in [-0.15, -0.1) is 0 Å². The molecule has 0 atom stereocenters. The Morgan fingerprint density at radius 1 is 1.24 bits per heavy atom. The molecule has 0 saturated heterocycles. The molecular formula is C25H25FN4O3S. The first-order valence-electron chi connectivity index (χ1n) is 11.0. The first-order chi connectivity index (χ1) is 16.4. The van der Waals surface area contributed by atoms with Crippen molar-refractivity contribution in [1.29, 1.82) is 0 Å². The Morgan fingerprint density at radius 2 is 2.00 bits per heavy atom. The average Bonchev–Trinajstić information content (AvgIpc) is 3.55. The average molecular weight is 481 g/mol. The van der Waals surface area contributed by atoms with Crippen LogP contribution in [0.15, 0.2) is 59.2 Å². The summed E-state index contributed by atoms with van der Waals surface area (Å²) in [6.07, 6.45) is 5.29. The number of thioether (sulfide) groups is 1. The van der Waals surface area contributed by atoms with E-state index in [9.17, 15) is 14.0 Å². The SMILES string of the molecule is CCOC(=O)/C=C/Sc1nc(-c2ccc(F)cc2)c(-c2ccnc(NC(C)=O)c2)n1CC1CC1. The standard InChI is InChI=1S/C25H25FN4O3S/c1-3-33-22(32)11-13-34-25-29-23(18-6-8-20(26)9-7-18)24(30(25)15-17-4-5-17)19-10-12-27-21(14-19)28-16(2)31/h6-14,17H,3-5,15H2,1-2H3,(H,27,28,31)/b13-11+. The second kappa shape index (κ2) is 10.6. The summed E-state index contributed by atoms with van der Waals surface area (Å²) in [5.41, 5.74) is 3.12. The van der Waals surface area contributed by atoms with E-state index in [-0.39, 0.29) is 11.7 Å². The number of halogens is 1. The lowest BCUT2D eigenvalue weighted by Crippen LogP contribution is -2.08. The van der Waals surface area contributed by atoms with Crippen LogP contribution in [0.5, 0.6) is 0 Å². The number of nitrogens with one attached hydrogen (secondary N) is 1. The molecule has 2 aromatic heterocycles. The fourth-order valence-corrected chi connectivity index (χ4v) is 4.26. The van der Waals surface area contributed by atoms with E-state index in [0.717, 1.165) is 36.2 Å². The molecule has 1 amide bonds. The van der Waals surface area contributed by atoms with E-state index in [1.54, 1.807) is 36.7 Å². The van der Waals surface area contributed by atoms with Gasteiger partial charge in [-0.1, -0.05) is 11.8 Å². The first-order valence-corrected chi connectivity index (χ1v) is 11.9. The van der Waals surface area contributed by atoms with Crippen LogP contribution in [-0.4, -0.2) is 33.0 Å². The van der Waals surface area contributed by atoms with Crippen LogP contribution in [0.4, 0.5) is 10.2 Å². The number of benzene rings is 1. The second-order valence-electron chi connectivity index (χ2n) is 7.94. The van der Waals surface area contributed by atoms with E-state index in [2.05, 4.69) is 14.9 Å². The number of ether oxygens (including phenoxy) is 1. The van der Waals surface area contributed by atoms with E-state index in [1.165, 1.54) is 36.9 Å². The van der Waals surface area contributed by atoms with Gasteiger partial charge in [0.1, 0.15) is 11.6 Å². The summed E-state index contributed by atoms with van der Waals surface area (Å²) < 4.78 is 20.7. The molecule has 0 aliphatic heterocycles. The lowest BCUT2D eigenvalue weighted by Gasteiger charge is -2.13. The zero-order chi connectivity index (χ0) is 24.1. The molecule has 1 fully saturated rings. The normalized spacial score (nSPS) is 13.3. The molecule has 1 aliphatic rings. The first kappa shape index (κ1) is 23.7. The van der Waals surface area contributed by atoms with Gasteiger partial charge in [-0.3, -0.25) is 4.79 Å². The number of hydrogen-bond acceptors (Lipinski definition) is 6. The van der Waals surface area contributed by atoms with Crippen molar-refractivity contribution in [3.05, 3.63) is 59.9 Å². The number of carbonyl (C=O) groups excluding carboxylic acids is 2. The van der Waals surface area contributed by atoms with Crippen molar-refractivity contribution in [2.75, 3.05) is 11.9 Å². The lowest BCUT2D eigenvalue weighted by molar-refractivity contribution is -0.137. The summed E-state index contributed by atoms with van der Waals surface area (Å²) in [5, 5.41) is 5.09. The third-order valence-corrected chi connectivity index (χ3v) is 5.98. The van der Waals surface area contributed by atoms with Crippen molar-refractivity contribution in [1.82, 2.24) is 14.5 Å². The summed E-state index contributed by atoms with van der Waals surface area (Å²) in [5.74, 6) is 0.0230. The molecular weight excluding hydrogens is 455 g/mol. The van der Waals surface area contributed by atoms with E-state index >= 15 is 0 Å². The third kappa shape index (κ3) is 5.91. The highest BCUT2D eigenvalue weighted by Gasteiger charge is 2.27. The molecule has 1 aromatic carbocycles. The Morgan fingerprint density at radius 3 is 2.68 bits per heavy atom. The summed E-state index contributed by atoms with van der Waals surface area (Å²) in [7, 11) is 0. The van der Waals surface area contributed by atoms with Crippen molar-refractivity contribution < 1.29 is 18.7 Å². The molecule has 1 aliphatic carbocycles. The van der Waals surface area contributed by atoms with Gasteiger partial charge >= 0.3 is 5.97 Å². The molecule has 1 N–H and O–H groups in total. The zero-order valence-corrected chi connectivity index (χ0v) is 19.8. The van der Waals surface area contributed by atoms with Crippen LogP contribution in [0.3, 0.4) is 0 Å². The minimum atomic E-state index is -0.414. The molecule has 4 rings (SSSR count). The number of esters is 1. The molecule has 0 radical (unpaired) electrons. The monoisotopic (exact) mass is 480 g/mol. The minimum Gasteiger partial charge on any atom is -0.463 e. The maximum absolute atomic E-state index is 13.6. The number of anilines is 1. The van der Waals surface area contributed by atoms with E-state index in [0.29, 0.717) is 29.2 Å². The van der Waals surface area contributed by atoms with Gasteiger partial charge in [0.15, 0.2) is 5.16 Å². The Hall–Kier alpha value is -3.46. The smallest absolute Gasteiger partial charge is 0.331 e. The molecule has 0 spiro atoms. The maximum atomic E-state index is 13.6. The number of carbonyl (C=O) groups is 2. The number of pyridine rings is 1. The van der Waals surface area contributed by atoms with Crippen molar-refractivity contribution in [2.45, 2.75) is 38.4 Å². The van der Waals surface area contributed by atoms with Crippen molar-refractivity contribution >= 4 is 29.5 Å². The minimum absolute atomic E-state index is 0.213. The van der Waals surface area contributed by atoms with Crippen LogP contribution >= 0.6 is 11.8 Å². The van der Waals surface area contributed by atoms with Crippen molar-refractivity contribution in [3.8, 4) is 22.5 Å². The van der Waals surface area contributed by atoms with Crippen LogP contribution in [-0.2, 0) is 20.9 Å². The van der Waals surface area contributed by atoms with Crippen molar-refractivity contribution in [2.24, 2.45) is 5.92 Å². The number of amides is 1. The highest BCUT2D eigenvalue weighted by molar-refractivity contribution is 8.02. The summed E-state index contributed by atoms with van der Waals surface area (Å²) >= 11 is 1.32. The lowest BCUT2D eigenvalue weighted by atomic mass is 10.1. The summed E-state index contributed by atoms with van der Waals surface area (Å²) in [6.45, 7) is 4.26. The maximum Gasteiger partial charge on any atom is 0.331 e. The molecule has 176 valence electrons. The van der Waals surface area contributed by atoms with Crippen LogP contribution in [0, 0.1) is 11.7 Å². The van der Waals surface area contributed by atoms with E-state index in [1.807, 2.05) is 6.07 Å². The molecule has 1 saturated carbocycles. The van der Waals surface area contributed by atoms with Crippen LogP contribution in [0.2, 0.25) is 0 Å². The zero-order valence-electron chi connectivity index (χ0n) is 19.0. The Kier molecular flexibility index (Phi) is 7.42. The number of hydrogen-bond donors (Lipinski definition) is 1. The van der Waals surface area contributed by atoms with Crippen LogP contribution in [0.1, 0.15) is 26.7 Å². The number of nitrogens with zero attached hydrogens (tertiary/aromatic N) is 3. The third-order valence-electron chi connectivity index (χ3n) is 5.19. The predicted molar refractivity (Wildman–Crippen MR) is 130 cm³/mol. The van der Waals surface area contributed by atoms with Crippen molar-refractivity contribution in [3.63, 3.8) is 0 Å². The van der Waals surface area contributed by atoms with E-state index in [4.69, 9.17) is 9.72 Å².